The molecule has 7 heteroatoms. The van der Waals surface area contributed by atoms with Gasteiger partial charge in [-0.3, -0.25) is 25.2 Å². The summed E-state index contributed by atoms with van der Waals surface area (Å²) in [4.78, 5) is 35.7. The zero-order valence-corrected chi connectivity index (χ0v) is 14.3. The van der Waals surface area contributed by atoms with E-state index in [1.165, 1.54) is 0 Å². The van der Waals surface area contributed by atoms with Crippen LogP contribution in [0.15, 0.2) is 54.6 Å². The molecule has 2 aromatic carbocycles. The van der Waals surface area contributed by atoms with Crippen molar-refractivity contribution in [2.24, 2.45) is 0 Å². The van der Waals surface area contributed by atoms with Crippen LogP contribution in [-0.2, 0) is 4.79 Å². The van der Waals surface area contributed by atoms with E-state index < -0.39 is 11.8 Å². The molecule has 2 aromatic rings. The van der Waals surface area contributed by atoms with Gasteiger partial charge in [0.1, 0.15) is 0 Å². The van der Waals surface area contributed by atoms with Gasteiger partial charge in [-0.25, -0.2) is 0 Å². The first-order chi connectivity index (χ1) is 12.0. The van der Waals surface area contributed by atoms with Gasteiger partial charge in [0.15, 0.2) is 0 Å². The third kappa shape index (κ3) is 5.93. The van der Waals surface area contributed by atoms with Crippen molar-refractivity contribution in [3.63, 3.8) is 0 Å². The van der Waals surface area contributed by atoms with Gasteiger partial charge < -0.3 is 5.32 Å². The summed E-state index contributed by atoms with van der Waals surface area (Å²) in [5.41, 5.74) is 5.52. The molecule has 0 spiro atoms. The normalized spacial score (nSPS) is 11.3. The molecule has 0 radical (unpaired) electrons. The van der Waals surface area contributed by atoms with Crippen LogP contribution in [0.1, 0.15) is 34.1 Å². The molecule has 3 N–H and O–H groups in total. The van der Waals surface area contributed by atoms with Crippen molar-refractivity contribution < 1.29 is 14.4 Å². The van der Waals surface area contributed by atoms with Crippen molar-refractivity contribution >= 4 is 29.3 Å². The van der Waals surface area contributed by atoms with Gasteiger partial charge in [-0.2, -0.15) is 0 Å². The van der Waals surface area contributed by atoms with Gasteiger partial charge in [0, 0.05) is 28.6 Å². The summed E-state index contributed by atoms with van der Waals surface area (Å²) in [5.74, 6) is -1.12. The fourth-order valence-corrected chi connectivity index (χ4v) is 2.20. The Hall–Kier alpha value is -2.86. The van der Waals surface area contributed by atoms with Crippen LogP contribution in [-0.4, -0.2) is 23.8 Å². The van der Waals surface area contributed by atoms with E-state index in [0.717, 1.165) is 0 Å². The van der Waals surface area contributed by atoms with Crippen molar-refractivity contribution in [2.75, 3.05) is 0 Å². The molecule has 0 saturated heterocycles. The van der Waals surface area contributed by atoms with Crippen LogP contribution >= 0.6 is 11.6 Å². The van der Waals surface area contributed by atoms with E-state index in [4.69, 9.17) is 11.6 Å². The summed E-state index contributed by atoms with van der Waals surface area (Å²) >= 11 is 5.75. The quantitative estimate of drug-likeness (QED) is 0.716. The highest BCUT2D eigenvalue weighted by molar-refractivity contribution is 6.30. The Balaban J connectivity index is 1.76. The second kappa shape index (κ2) is 8.84. The maximum Gasteiger partial charge on any atom is 0.269 e. The summed E-state index contributed by atoms with van der Waals surface area (Å²) < 4.78 is 0. The highest BCUT2D eigenvalue weighted by Crippen LogP contribution is 2.09. The van der Waals surface area contributed by atoms with Gasteiger partial charge in [-0.1, -0.05) is 29.8 Å². The Morgan fingerprint density at radius 1 is 0.880 bits per heavy atom. The number of halogens is 1. The summed E-state index contributed by atoms with van der Waals surface area (Å²) in [6, 6.07) is 14.6. The Bertz CT molecular complexity index is 748. The van der Waals surface area contributed by atoms with E-state index >= 15 is 0 Å². The lowest BCUT2D eigenvalue weighted by Crippen LogP contribution is -2.44. The summed E-state index contributed by atoms with van der Waals surface area (Å²) in [6.45, 7) is 1.71. The lowest BCUT2D eigenvalue weighted by molar-refractivity contribution is -0.122. The number of carbonyl (C=O) groups is 3. The van der Waals surface area contributed by atoms with Crippen molar-refractivity contribution in [1.29, 1.82) is 0 Å². The van der Waals surface area contributed by atoms with Crippen LogP contribution in [0.25, 0.3) is 0 Å². The van der Waals surface area contributed by atoms with Gasteiger partial charge >= 0.3 is 0 Å². The molecule has 6 nitrogen and oxygen atoms in total. The first-order valence-corrected chi connectivity index (χ1v) is 8.04. The average Bonchev–Trinajstić information content (AvgIpc) is 2.61. The maximum absolute atomic E-state index is 12.0. The summed E-state index contributed by atoms with van der Waals surface area (Å²) in [6.07, 6.45) is 0.0273. The van der Waals surface area contributed by atoms with Gasteiger partial charge in [-0.05, 0) is 43.3 Å². The number of benzene rings is 2. The molecule has 3 amide bonds. The lowest BCUT2D eigenvalue weighted by atomic mass is 10.1. The average molecular weight is 360 g/mol. The number of hydrogen-bond donors (Lipinski definition) is 3. The molecule has 0 fully saturated rings. The first kappa shape index (κ1) is 18.5. The van der Waals surface area contributed by atoms with E-state index in [1.807, 2.05) is 6.07 Å². The number of nitrogens with one attached hydrogen (secondary N) is 3. The molecule has 0 aliphatic heterocycles. The minimum absolute atomic E-state index is 0.0273. The van der Waals surface area contributed by atoms with Crippen molar-refractivity contribution in [1.82, 2.24) is 16.2 Å². The molecule has 25 heavy (non-hydrogen) atoms. The number of amides is 3. The number of carbonyl (C=O) groups excluding carboxylic acids is 3. The van der Waals surface area contributed by atoms with Crippen LogP contribution < -0.4 is 16.2 Å². The molecular formula is C18H18ClN3O3. The minimum Gasteiger partial charge on any atom is -0.349 e. The molecule has 130 valence electrons. The summed E-state index contributed by atoms with van der Waals surface area (Å²) in [7, 11) is 0. The predicted molar refractivity (Wildman–Crippen MR) is 95.0 cm³/mol. The molecule has 2 rings (SSSR count). The van der Waals surface area contributed by atoms with Crippen LogP contribution in [0.3, 0.4) is 0 Å². The van der Waals surface area contributed by atoms with E-state index in [2.05, 4.69) is 16.2 Å². The fraction of sp³-hybridized carbons (Fsp3) is 0.167. The van der Waals surface area contributed by atoms with Crippen LogP contribution in [0, 0.1) is 0 Å². The van der Waals surface area contributed by atoms with Gasteiger partial charge in [0.2, 0.25) is 5.91 Å². The molecule has 0 heterocycles. The Kier molecular flexibility index (Phi) is 6.54. The Labute approximate surface area is 150 Å². The van der Waals surface area contributed by atoms with Crippen molar-refractivity contribution in [3.8, 4) is 0 Å². The van der Waals surface area contributed by atoms with Crippen molar-refractivity contribution in [3.05, 3.63) is 70.7 Å². The molecule has 1 unspecified atom stereocenters. The molecule has 0 aliphatic carbocycles. The predicted octanol–water partition coefficient (Wildman–Crippen LogP) is 2.31. The topological polar surface area (TPSA) is 87.3 Å². The van der Waals surface area contributed by atoms with Crippen LogP contribution in [0.2, 0.25) is 5.02 Å². The van der Waals surface area contributed by atoms with Crippen LogP contribution in [0.4, 0.5) is 0 Å². The largest absolute Gasteiger partial charge is 0.349 e. The van der Waals surface area contributed by atoms with Gasteiger partial charge in [-0.15, -0.1) is 0 Å². The van der Waals surface area contributed by atoms with E-state index in [0.29, 0.717) is 16.1 Å². The highest BCUT2D eigenvalue weighted by Gasteiger charge is 2.14. The lowest BCUT2D eigenvalue weighted by Gasteiger charge is -2.14. The van der Waals surface area contributed by atoms with Crippen molar-refractivity contribution in [2.45, 2.75) is 19.4 Å². The molecule has 1 atom stereocenters. The fourth-order valence-electron chi connectivity index (χ4n) is 2.08. The standard InChI is InChI=1S/C18H18ClN3O3/c1-12(20-17(24)13-5-3-2-4-6-13)11-16(23)21-22-18(25)14-7-9-15(19)10-8-14/h2-10,12H,11H2,1H3,(H,20,24)(H,21,23)(H,22,25). The number of rotatable bonds is 5. The SMILES string of the molecule is CC(CC(=O)NNC(=O)c1ccc(Cl)cc1)NC(=O)c1ccccc1. The van der Waals surface area contributed by atoms with Gasteiger partial charge in [0.25, 0.3) is 11.8 Å². The minimum atomic E-state index is -0.453. The van der Waals surface area contributed by atoms with Gasteiger partial charge in [0.05, 0.1) is 0 Å². The first-order valence-electron chi connectivity index (χ1n) is 7.66. The Morgan fingerprint density at radius 3 is 2.12 bits per heavy atom. The molecule has 0 saturated carbocycles. The van der Waals surface area contributed by atoms with Crippen LogP contribution in [0.5, 0.6) is 0 Å². The third-order valence-corrected chi connectivity index (χ3v) is 3.58. The highest BCUT2D eigenvalue weighted by atomic mass is 35.5. The smallest absolute Gasteiger partial charge is 0.269 e. The van der Waals surface area contributed by atoms with E-state index in [-0.39, 0.29) is 18.4 Å². The zero-order valence-electron chi connectivity index (χ0n) is 13.6. The molecular weight excluding hydrogens is 342 g/mol. The maximum atomic E-state index is 12.0. The molecule has 0 aliphatic rings. The number of hydrogen-bond acceptors (Lipinski definition) is 3. The molecule has 0 aromatic heterocycles. The third-order valence-electron chi connectivity index (χ3n) is 3.33. The summed E-state index contributed by atoms with van der Waals surface area (Å²) in [5, 5.41) is 3.24. The second-order valence-corrected chi connectivity index (χ2v) is 5.89. The number of hydrazine groups is 1. The van der Waals surface area contributed by atoms with E-state index in [1.54, 1.807) is 55.5 Å². The monoisotopic (exact) mass is 359 g/mol. The second-order valence-electron chi connectivity index (χ2n) is 5.45. The molecule has 0 bridgehead atoms. The zero-order chi connectivity index (χ0) is 18.2. The Morgan fingerprint density at radius 2 is 1.48 bits per heavy atom. The van der Waals surface area contributed by atoms with E-state index in [9.17, 15) is 14.4 Å².